The molecule has 0 radical (unpaired) electrons. The lowest BCUT2D eigenvalue weighted by molar-refractivity contribution is 0.103. The minimum atomic E-state index is -0.0556. The van der Waals surface area contributed by atoms with Gasteiger partial charge in [-0.15, -0.1) is 11.3 Å². The number of nitrogens with zero attached hydrogens (tertiary/aromatic N) is 1. The molecule has 3 nitrogen and oxygen atoms in total. The third-order valence-corrected chi connectivity index (χ3v) is 2.57. The summed E-state index contributed by atoms with van der Waals surface area (Å²) in [6.07, 6.45) is 1.62. The highest BCUT2D eigenvalue weighted by Gasteiger charge is 2.10. The zero-order chi connectivity index (χ0) is 9.97. The second-order valence-electron chi connectivity index (χ2n) is 2.79. The standard InChI is InChI=1S/C10H8N2OS/c11-8-3-1-7(2-4-8)9(13)10-12-5-6-14-10/h1-6H,11H2. The van der Waals surface area contributed by atoms with Gasteiger partial charge in [-0.05, 0) is 24.3 Å². The molecular formula is C10H8N2OS. The van der Waals surface area contributed by atoms with Gasteiger partial charge < -0.3 is 5.73 Å². The van der Waals surface area contributed by atoms with E-state index in [9.17, 15) is 4.79 Å². The molecule has 0 saturated carbocycles. The number of nitrogens with two attached hydrogens (primary N) is 1. The molecule has 4 heteroatoms. The molecule has 70 valence electrons. The van der Waals surface area contributed by atoms with Crippen molar-refractivity contribution in [3.05, 3.63) is 46.4 Å². The molecule has 1 aromatic carbocycles. The van der Waals surface area contributed by atoms with Gasteiger partial charge in [-0.3, -0.25) is 4.79 Å². The van der Waals surface area contributed by atoms with Crippen LogP contribution in [0.5, 0.6) is 0 Å². The fourth-order valence-electron chi connectivity index (χ4n) is 1.09. The Labute approximate surface area is 85.2 Å². The van der Waals surface area contributed by atoms with E-state index >= 15 is 0 Å². The average Bonchev–Trinajstić information content (AvgIpc) is 2.71. The summed E-state index contributed by atoms with van der Waals surface area (Å²) in [5.74, 6) is -0.0556. The van der Waals surface area contributed by atoms with Crippen molar-refractivity contribution < 1.29 is 4.79 Å². The van der Waals surface area contributed by atoms with E-state index in [-0.39, 0.29) is 5.78 Å². The monoisotopic (exact) mass is 204 g/mol. The van der Waals surface area contributed by atoms with E-state index in [1.807, 2.05) is 0 Å². The minimum absolute atomic E-state index is 0.0556. The van der Waals surface area contributed by atoms with Crippen LogP contribution < -0.4 is 5.73 Å². The topological polar surface area (TPSA) is 56.0 Å². The van der Waals surface area contributed by atoms with Crippen LogP contribution in [0.15, 0.2) is 35.8 Å². The number of ketones is 1. The summed E-state index contributed by atoms with van der Waals surface area (Å²) in [7, 11) is 0. The average molecular weight is 204 g/mol. The van der Waals surface area contributed by atoms with Crippen LogP contribution in [0, 0.1) is 0 Å². The van der Waals surface area contributed by atoms with Gasteiger partial charge in [0.2, 0.25) is 5.78 Å². The lowest BCUT2D eigenvalue weighted by Crippen LogP contribution is -2.00. The molecule has 0 saturated heterocycles. The molecule has 2 N–H and O–H groups in total. The Morgan fingerprint density at radius 3 is 2.57 bits per heavy atom. The van der Waals surface area contributed by atoms with Crippen molar-refractivity contribution in [2.75, 3.05) is 5.73 Å². The van der Waals surface area contributed by atoms with Gasteiger partial charge in [-0.1, -0.05) is 0 Å². The molecule has 0 amide bonds. The van der Waals surface area contributed by atoms with Gasteiger partial charge in [0.15, 0.2) is 5.01 Å². The number of rotatable bonds is 2. The quantitative estimate of drug-likeness (QED) is 0.601. The normalized spacial score (nSPS) is 10.0. The molecule has 1 heterocycles. The fraction of sp³-hybridized carbons (Fsp3) is 0. The smallest absolute Gasteiger partial charge is 0.221 e. The Kier molecular flexibility index (Phi) is 2.28. The van der Waals surface area contributed by atoms with E-state index in [2.05, 4.69) is 4.98 Å². The highest BCUT2D eigenvalue weighted by atomic mass is 32.1. The van der Waals surface area contributed by atoms with Crippen molar-refractivity contribution in [1.82, 2.24) is 4.98 Å². The highest BCUT2D eigenvalue weighted by molar-refractivity contribution is 7.11. The molecule has 0 fully saturated rings. The first-order valence-electron chi connectivity index (χ1n) is 4.07. The summed E-state index contributed by atoms with van der Waals surface area (Å²) < 4.78 is 0. The number of anilines is 1. The second-order valence-corrected chi connectivity index (χ2v) is 3.68. The van der Waals surface area contributed by atoms with E-state index < -0.39 is 0 Å². The minimum Gasteiger partial charge on any atom is -0.399 e. The van der Waals surface area contributed by atoms with Gasteiger partial charge in [-0.25, -0.2) is 4.98 Å². The molecule has 0 aliphatic rings. The molecule has 1 aromatic heterocycles. The molecule has 14 heavy (non-hydrogen) atoms. The maximum absolute atomic E-state index is 11.7. The summed E-state index contributed by atoms with van der Waals surface area (Å²) in [4.78, 5) is 15.7. The van der Waals surface area contributed by atoms with Crippen molar-refractivity contribution >= 4 is 22.8 Å². The maximum atomic E-state index is 11.7. The summed E-state index contributed by atoms with van der Waals surface area (Å²) in [5, 5.41) is 2.29. The summed E-state index contributed by atoms with van der Waals surface area (Å²) in [6, 6.07) is 6.83. The number of carbonyl (C=O) groups is 1. The van der Waals surface area contributed by atoms with Crippen molar-refractivity contribution in [1.29, 1.82) is 0 Å². The van der Waals surface area contributed by atoms with E-state index in [1.165, 1.54) is 11.3 Å². The molecule has 0 unspecified atom stereocenters. The molecule has 0 aliphatic carbocycles. The SMILES string of the molecule is Nc1ccc(C(=O)c2nccs2)cc1. The van der Waals surface area contributed by atoms with E-state index in [0.29, 0.717) is 16.3 Å². The molecule has 0 aliphatic heterocycles. The van der Waals surface area contributed by atoms with Crippen LogP contribution in [0.1, 0.15) is 15.4 Å². The highest BCUT2D eigenvalue weighted by Crippen LogP contribution is 2.13. The number of aromatic nitrogens is 1. The predicted octanol–water partition coefficient (Wildman–Crippen LogP) is 1.96. The first-order chi connectivity index (χ1) is 6.77. The summed E-state index contributed by atoms with van der Waals surface area (Å²) in [6.45, 7) is 0. The number of benzene rings is 1. The van der Waals surface area contributed by atoms with Gasteiger partial charge >= 0.3 is 0 Å². The van der Waals surface area contributed by atoms with Crippen LogP contribution in [0.3, 0.4) is 0 Å². The summed E-state index contributed by atoms with van der Waals surface area (Å²) in [5.41, 5.74) is 6.79. The molecule has 0 bridgehead atoms. The van der Waals surface area contributed by atoms with Crippen molar-refractivity contribution in [3.63, 3.8) is 0 Å². The molecule has 2 rings (SSSR count). The van der Waals surface area contributed by atoms with Crippen LogP contribution in [0.25, 0.3) is 0 Å². The molecule has 0 atom stereocenters. The van der Waals surface area contributed by atoms with Gasteiger partial charge in [0.1, 0.15) is 0 Å². The molecular weight excluding hydrogens is 196 g/mol. The Morgan fingerprint density at radius 1 is 1.29 bits per heavy atom. The van der Waals surface area contributed by atoms with E-state index in [4.69, 9.17) is 5.73 Å². The third kappa shape index (κ3) is 1.65. The van der Waals surface area contributed by atoms with Crippen LogP contribution in [0.2, 0.25) is 0 Å². The number of thiazole rings is 1. The van der Waals surface area contributed by atoms with Gasteiger partial charge in [0, 0.05) is 22.8 Å². The van der Waals surface area contributed by atoms with Crippen LogP contribution in [0.4, 0.5) is 5.69 Å². The van der Waals surface area contributed by atoms with Gasteiger partial charge in [0.05, 0.1) is 0 Å². The second kappa shape index (κ2) is 3.59. The first kappa shape index (κ1) is 8.90. The lowest BCUT2D eigenvalue weighted by atomic mass is 10.1. The number of nitrogen functional groups attached to an aromatic ring is 1. The summed E-state index contributed by atoms with van der Waals surface area (Å²) >= 11 is 1.34. The van der Waals surface area contributed by atoms with Gasteiger partial charge in [0.25, 0.3) is 0 Å². The maximum Gasteiger partial charge on any atom is 0.221 e. The number of hydrogen-bond acceptors (Lipinski definition) is 4. The van der Waals surface area contributed by atoms with E-state index in [1.54, 1.807) is 35.8 Å². The van der Waals surface area contributed by atoms with Crippen molar-refractivity contribution in [2.24, 2.45) is 0 Å². The van der Waals surface area contributed by atoms with Crippen LogP contribution in [-0.4, -0.2) is 10.8 Å². The predicted molar refractivity (Wildman–Crippen MR) is 56.4 cm³/mol. The number of carbonyl (C=O) groups excluding carboxylic acids is 1. The Hall–Kier alpha value is -1.68. The molecule has 2 aromatic rings. The lowest BCUT2D eigenvalue weighted by Gasteiger charge is -1.97. The zero-order valence-electron chi connectivity index (χ0n) is 7.31. The van der Waals surface area contributed by atoms with Crippen LogP contribution >= 0.6 is 11.3 Å². The first-order valence-corrected chi connectivity index (χ1v) is 4.95. The largest absolute Gasteiger partial charge is 0.399 e. The number of hydrogen-bond donors (Lipinski definition) is 1. The Bertz CT molecular complexity index is 434. The fourth-order valence-corrected chi connectivity index (χ4v) is 1.69. The van der Waals surface area contributed by atoms with Crippen LogP contribution in [-0.2, 0) is 0 Å². The van der Waals surface area contributed by atoms with Gasteiger partial charge in [-0.2, -0.15) is 0 Å². The Balaban J connectivity index is 2.33. The zero-order valence-corrected chi connectivity index (χ0v) is 8.12. The molecule has 0 spiro atoms. The van der Waals surface area contributed by atoms with Crippen molar-refractivity contribution in [3.8, 4) is 0 Å². The van der Waals surface area contributed by atoms with E-state index in [0.717, 1.165) is 0 Å². The van der Waals surface area contributed by atoms with Crippen molar-refractivity contribution in [2.45, 2.75) is 0 Å². The third-order valence-electron chi connectivity index (χ3n) is 1.80. The Morgan fingerprint density at radius 2 is 2.00 bits per heavy atom.